The monoisotopic (exact) mass is 623 g/mol. The normalized spacial score (nSPS) is 19.2. The number of sulfone groups is 1. The number of benzene rings is 2. The van der Waals surface area contributed by atoms with Crippen LogP contribution in [0.1, 0.15) is 71.4 Å². The lowest BCUT2D eigenvalue weighted by Crippen LogP contribution is -2.45. The number of ether oxygens (including phenoxy) is 1. The van der Waals surface area contributed by atoms with Crippen LogP contribution in [-0.4, -0.2) is 41.8 Å². The molecule has 0 amide bonds. The SMILES string of the molecule is Cc1cc(Nc2ncc(Cl)c(Nc3ccccc3S(=O)(=O)C(C)C)n2)c(OC(C)C)cc1C1=C[C@@H](C)N[C@@H](C2CCC2)C1. The number of aromatic nitrogens is 2. The van der Waals surface area contributed by atoms with Crippen molar-refractivity contribution in [2.45, 2.75) is 95.6 Å². The van der Waals surface area contributed by atoms with E-state index in [-0.39, 0.29) is 16.0 Å². The largest absolute Gasteiger partial charge is 0.489 e. The molecule has 0 bridgehead atoms. The summed E-state index contributed by atoms with van der Waals surface area (Å²) in [6, 6.07) is 11.8. The minimum atomic E-state index is -3.53. The van der Waals surface area contributed by atoms with Gasteiger partial charge < -0.3 is 20.7 Å². The highest BCUT2D eigenvalue weighted by Gasteiger charge is 2.31. The highest BCUT2D eigenvalue weighted by molar-refractivity contribution is 7.92. The van der Waals surface area contributed by atoms with Crippen molar-refractivity contribution in [3.63, 3.8) is 0 Å². The van der Waals surface area contributed by atoms with Crippen molar-refractivity contribution in [1.29, 1.82) is 0 Å². The number of nitrogens with zero attached hydrogens (tertiary/aromatic N) is 2. The summed E-state index contributed by atoms with van der Waals surface area (Å²) in [6.07, 6.45) is 8.73. The van der Waals surface area contributed by atoms with Crippen molar-refractivity contribution < 1.29 is 13.2 Å². The van der Waals surface area contributed by atoms with Gasteiger partial charge in [-0.15, -0.1) is 0 Å². The van der Waals surface area contributed by atoms with Gasteiger partial charge >= 0.3 is 0 Å². The summed E-state index contributed by atoms with van der Waals surface area (Å²) in [6.45, 7) is 11.7. The fraction of sp³-hybridized carbons (Fsp3) is 0.455. The van der Waals surface area contributed by atoms with Gasteiger partial charge in [0, 0.05) is 12.1 Å². The maximum Gasteiger partial charge on any atom is 0.229 e. The molecule has 10 heteroatoms. The van der Waals surface area contributed by atoms with Gasteiger partial charge in [0.25, 0.3) is 0 Å². The summed E-state index contributed by atoms with van der Waals surface area (Å²) in [5.41, 5.74) is 4.82. The standard InChI is InChI=1S/C33H42ClN5O3S/c1-19(2)42-30-17-25(24-15-22(6)36-28(16-24)23-10-9-11-23)21(5)14-29(30)38-33-35-18-26(34)32(39-33)37-27-12-7-8-13-31(27)43(40,41)20(3)4/h7-8,12-15,17-20,22-23,28,36H,9-11,16H2,1-6H3,(H2,35,37,38,39)/t22-,28-/m1/s1. The maximum absolute atomic E-state index is 13.0. The van der Waals surface area contributed by atoms with Crippen LogP contribution < -0.4 is 20.7 Å². The fourth-order valence-electron chi connectivity index (χ4n) is 5.71. The molecule has 2 atom stereocenters. The van der Waals surface area contributed by atoms with Gasteiger partial charge in [-0.25, -0.2) is 13.4 Å². The quantitative estimate of drug-likeness (QED) is 0.210. The van der Waals surface area contributed by atoms with Crippen LogP contribution in [0.25, 0.3) is 5.57 Å². The summed E-state index contributed by atoms with van der Waals surface area (Å²) in [5, 5.41) is 9.92. The van der Waals surface area contributed by atoms with E-state index in [1.807, 2.05) is 13.8 Å². The Bertz CT molecular complexity index is 1620. The Morgan fingerprint density at radius 3 is 2.49 bits per heavy atom. The minimum Gasteiger partial charge on any atom is -0.489 e. The first kappa shape index (κ1) is 31.3. The van der Waals surface area contributed by atoms with Crippen LogP contribution in [0.3, 0.4) is 0 Å². The molecule has 230 valence electrons. The highest BCUT2D eigenvalue weighted by atomic mass is 35.5. The van der Waals surface area contributed by atoms with E-state index in [2.05, 4.69) is 58.0 Å². The van der Waals surface area contributed by atoms with Gasteiger partial charge in [-0.1, -0.05) is 36.2 Å². The Hall–Kier alpha value is -3.14. The molecule has 1 fully saturated rings. The molecule has 5 rings (SSSR count). The number of hydrogen-bond acceptors (Lipinski definition) is 8. The number of nitrogens with one attached hydrogen (secondary N) is 3. The zero-order valence-corrected chi connectivity index (χ0v) is 27.3. The van der Waals surface area contributed by atoms with Crippen LogP contribution in [-0.2, 0) is 9.84 Å². The first-order valence-corrected chi connectivity index (χ1v) is 17.0. The Balaban J connectivity index is 1.45. The lowest BCUT2D eigenvalue weighted by molar-refractivity contribution is 0.221. The van der Waals surface area contributed by atoms with Crippen LogP contribution in [0.15, 0.2) is 53.6 Å². The molecular formula is C33H42ClN5O3S. The average Bonchev–Trinajstić information content (AvgIpc) is 2.90. The predicted octanol–water partition coefficient (Wildman–Crippen LogP) is 7.83. The smallest absolute Gasteiger partial charge is 0.229 e. The highest BCUT2D eigenvalue weighted by Crippen LogP contribution is 2.40. The van der Waals surface area contributed by atoms with Crippen LogP contribution in [0.4, 0.5) is 23.1 Å². The van der Waals surface area contributed by atoms with E-state index in [1.54, 1.807) is 38.1 Å². The molecular weight excluding hydrogens is 582 g/mol. The van der Waals surface area contributed by atoms with Crippen LogP contribution in [0.2, 0.25) is 5.02 Å². The van der Waals surface area contributed by atoms with E-state index in [1.165, 1.54) is 36.6 Å². The second-order valence-electron chi connectivity index (χ2n) is 12.2. The van der Waals surface area contributed by atoms with Gasteiger partial charge in [0.1, 0.15) is 10.8 Å². The zero-order chi connectivity index (χ0) is 30.9. The van der Waals surface area contributed by atoms with E-state index >= 15 is 0 Å². The predicted molar refractivity (Wildman–Crippen MR) is 176 cm³/mol. The van der Waals surface area contributed by atoms with Gasteiger partial charge in [-0.3, -0.25) is 0 Å². The third-order valence-corrected chi connectivity index (χ3v) is 10.7. The van der Waals surface area contributed by atoms with E-state index < -0.39 is 15.1 Å². The van der Waals surface area contributed by atoms with Crippen LogP contribution in [0, 0.1) is 12.8 Å². The van der Waals surface area contributed by atoms with Crippen molar-refractivity contribution in [2.24, 2.45) is 5.92 Å². The summed E-state index contributed by atoms with van der Waals surface area (Å²) in [4.78, 5) is 9.21. The average molecular weight is 624 g/mol. The lowest BCUT2D eigenvalue weighted by Gasteiger charge is -2.39. The Kier molecular flexibility index (Phi) is 9.34. The number of anilines is 4. The third kappa shape index (κ3) is 7.00. The molecule has 1 aliphatic carbocycles. The summed E-state index contributed by atoms with van der Waals surface area (Å²) < 4.78 is 32.3. The molecule has 0 radical (unpaired) electrons. The summed E-state index contributed by atoms with van der Waals surface area (Å²) in [5.74, 6) is 2.06. The lowest BCUT2D eigenvalue weighted by atomic mass is 9.75. The van der Waals surface area contributed by atoms with E-state index in [0.29, 0.717) is 35.3 Å². The number of rotatable bonds is 10. The van der Waals surface area contributed by atoms with Gasteiger partial charge in [0.15, 0.2) is 15.7 Å². The second-order valence-corrected chi connectivity index (χ2v) is 15.1. The van der Waals surface area contributed by atoms with E-state index in [9.17, 15) is 8.42 Å². The first-order chi connectivity index (χ1) is 20.4. The molecule has 43 heavy (non-hydrogen) atoms. The molecule has 1 saturated carbocycles. The van der Waals surface area contributed by atoms with E-state index in [4.69, 9.17) is 16.3 Å². The van der Waals surface area contributed by atoms with Crippen molar-refractivity contribution in [1.82, 2.24) is 15.3 Å². The minimum absolute atomic E-state index is 0.0393. The third-order valence-electron chi connectivity index (χ3n) is 8.18. The topological polar surface area (TPSA) is 105 Å². The zero-order valence-electron chi connectivity index (χ0n) is 25.7. The van der Waals surface area contributed by atoms with Crippen molar-refractivity contribution in [2.75, 3.05) is 10.6 Å². The summed E-state index contributed by atoms with van der Waals surface area (Å²) in [7, 11) is -3.53. The molecule has 8 nitrogen and oxygen atoms in total. The fourth-order valence-corrected chi connectivity index (χ4v) is 7.05. The molecule has 2 aliphatic rings. The molecule has 1 aliphatic heterocycles. The van der Waals surface area contributed by atoms with Crippen molar-refractivity contribution >= 4 is 50.2 Å². The number of para-hydroxylation sites is 1. The Morgan fingerprint density at radius 1 is 1.07 bits per heavy atom. The van der Waals surface area contributed by atoms with Gasteiger partial charge in [-0.2, -0.15) is 4.98 Å². The molecule has 2 aromatic carbocycles. The molecule has 3 N–H and O–H groups in total. The van der Waals surface area contributed by atoms with Crippen LogP contribution >= 0.6 is 11.6 Å². The molecule has 1 aromatic heterocycles. The Morgan fingerprint density at radius 2 is 1.81 bits per heavy atom. The van der Waals surface area contributed by atoms with Crippen molar-refractivity contribution in [3.05, 3.63) is 64.8 Å². The summed E-state index contributed by atoms with van der Waals surface area (Å²) >= 11 is 6.47. The van der Waals surface area contributed by atoms with Crippen LogP contribution in [0.5, 0.6) is 5.75 Å². The molecule has 0 saturated heterocycles. The number of halogens is 1. The molecule has 3 aromatic rings. The Labute approximate surface area is 260 Å². The maximum atomic E-state index is 13.0. The first-order valence-electron chi connectivity index (χ1n) is 15.1. The van der Waals surface area contributed by atoms with Gasteiger partial charge in [0.2, 0.25) is 5.95 Å². The second kappa shape index (κ2) is 12.8. The van der Waals surface area contributed by atoms with Gasteiger partial charge in [0.05, 0.1) is 33.8 Å². The molecule has 0 spiro atoms. The number of aryl methyl sites for hydroxylation is 1. The molecule has 2 heterocycles. The molecule has 0 unspecified atom stereocenters. The van der Waals surface area contributed by atoms with E-state index in [0.717, 1.165) is 23.6 Å². The van der Waals surface area contributed by atoms with Crippen molar-refractivity contribution in [3.8, 4) is 5.75 Å². The number of hydrogen-bond donors (Lipinski definition) is 3. The van der Waals surface area contributed by atoms with Gasteiger partial charge in [-0.05, 0) is 108 Å².